The van der Waals surface area contributed by atoms with E-state index in [4.69, 9.17) is 4.74 Å². The molecule has 5 nitrogen and oxygen atoms in total. The monoisotopic (exact) mass is 324 g/mol. The number of amides is 2. The van der Waals surface area contributed by atoms with Crippen molar-refractivity contribution in [3.63, 3.8) is 0 Å². The molecule has 0 aliphatic rings. The molecule has 2 amide bonds. The zero-order valence-corrected chi connectivity index (χ0v) is 14.3. The number of carbonyl (C=O) groups excluding carboxylic acids is 2. The van der Waals surface area contributed by atoms with E-state index >= 15 is 0 Å². The predicted octanol–water partition coefficient (Wildman–Crippen LogP) is 2.56. The van der Waals surface area contributed by atoms with Crippen LogP contribution >= 0.6 is 11.8 Å². The van der Waals surface area contributed by atoms with Crippen molar-refractivity contribution in [1.29, 1.82) is 0 Å². The van der Waals surface area contributed by atoms with E-state index in [9.17, 15) is 9.59 Å². The predicted molar refractivity (Wildman–Crippen MR) is 89.8 cm³/mol. The quantitative estimate of drug-likeness (QED) is 0.844. The molecule has 0 saturated heterocycles. The first-order valence-corrected chi connectivity index (χ1v) is 8.30. The van der Waals surface area contributed by atoms with E-state index in [0.717, 1.165) is 5.75 Å². The molecule has 0 fully saturated rings. The third-order valence-electron chi connectivity index (χ3n) is 2.65. The van der Waals surface area contributed by atoms with E-state index in [1.54, 1.807) is 39.6 Å². The number of thioether (sulfide) groups is 1. The lowest BCUT2D eigenvalue weighted by Crippen LogP contribution is -2.48. The molecule has 1 unspecified atom stereocenters. The summed E-state index contributed by atoms with van der Waals surface area (Å²) in [5.41, 5.74) is 0.592. The molecule has 2 N–H and O–H groups in total. The van der Waals surface area contributed by atoms with Gasteiger partial charge in [-0.1, -0.05) is 30.3 Å². The highest BCUT2D eigenvalue weighted by atomic mass is 32.2. The summed E-state index contributed by atoms with van der Waals surface area (Å²) in [6.07, 6.45) is -0.582. The van der Waals surface area contributed by atoms with Gasteiger partial charge in [0.05, 0.1) is 0 Å². The summed E-state index contributed by atoms with van der Waals surface area (Å²) < 4.78 is 5.19. The molecule has 1 rings (SSSR count). The Morgan fingerprint density at radius 2 is 1.86 bits per heavy atom. The number of ether oxygens (including phenoxy) is 1. The van der Waals surface area contributed by atoms with Crippen molar-refractivity contribution in [2.24, 2.45) is 0 Å². The van der Waals surface area contributed by atoms with Gasteiger partial charge in [-0.05, 0) is 26.3 Å². The number of rotatable bonds is 6. The number of hydrogen-bond acceptors (Lipinski definition) is 4. The topological polar surface area (TPSA) is 67.4 Å². The highest BCUT2D eigenvalue weighted by Gasteiger charge is 2.23. The zero-order chi connectivity index (χ0) is 16.6. The normalized spacial score (nSPS) is 12.4. The average molecular weight is 324 g/mol. The van der Waals surface area contributed by atoms with Crippen LogP contribution in [-0.2, 0) is 15.3 Å². The summed E-state index contributed by atoms with van der Waals surface area (Å²) >= 11 is 1.59. The first-order valence-electron chi connectivity index (χ1n) is 7.14. The van der Waals surface area contributed by atoms with E-state index in [-0.39, 0.29) is 5.91 Å². The third-order valence-corrected chi connectivity index (χ3v) is 3.76. The zero-order valence-electron chi connectivity index (χ0n) is 13.5. The minimum Gasteiger partial charge on any atom is -0.444 e. The number of benzene rings is 1. The van der Waals surface area contributed by atoms with Gasteiger partial charge in [0, 0.05) is 18.6 Å². The van der Waals surface area contributed by atoms with Crippen molar-refractivity contribution < 1.29 is 14.3 Å². The van der Waals surface area contributed by atoms with Gasteiger partial charge in [-0.2, -0.15) is 11.8 Å². The standard InChI is InChI=1S/C16H24N2O3S/c1-16(2,3)21-15(20)18-13(14(19)17-4)11-22-10-12-8-6-5-7-9-12/h5-9,13H,10-11H2,1-4H3,(H,17,19)(H,18,20). The number of carbonyl (C=O) groups is 2. The van der Waals surface area contributed by atoms with Crippen molar-refractivity contribution in [3.8, 4) is 0 Å². The molecule has 0 radical (unpaired) electrons. The average Bonchev–Trinajstić information content (AvgIpc) is 2.44. The largest absolute Gasteiger partial charge is 0.444 e. The van der Waals surface area contributed by atoms with Gasteiger partial charge in [0.25, 0.3) is 0 Å². The lowest BCUT2D eigenvalue weighted by Gasteiger charge is -2.22. The second-order valence-electron chi connectivity index (χ2n) is 5.81. The minimum absolute atomic E-state index is 0.230. The molecule has 0 saturated carbocycles. The van der Waals surface area contributed by atoms with Crippen LogP contribution in [0.2, 0.25) is 0 Å². The van der Waals surface area contributed by atoms with Crippen LogP contribution in [0.15, 0.2) is 30.3 Å². The molecule has 1 aromatic carbocycles. The van der Waals surface area contributed by atoms with E-state index in [2.05, 4.69) is 10.6 Å². The second-order valence-corrected chi connectivity index (χ2v) is 6.84. The smallest absolute Gasteiger partial charge is 0.408 e. The van der Waals surface area contributed by atoms with Crippen molar-refractivity contribution >= 4 is 23.8 Å². The number of alkyl carbamates (subject to hydrolysis) is 1. The summed E-state index contributed by atoms with van der Waals surface area (Å²) in [4.78, 5) is 23.7. The molecule has 6 heteroatoms. The van der Waals surface area contributed by atoms with Crippen LogP contribution in [0.3, 0.4) is 0 Å². The summed E-state index contributed by atoms with van der Waals surface area (Å²) in [5, 5.41) is 5.18. The van der Waals surface area contributed by atoms with Crippen LogP contribution in [0.4, 0.5) is 4.79 Å². The maximum absolute atomic E-state index is 11.9. The Bertz CT molecular complexity index is 486. The Kier molecular flexibility index (Phi) is 7.24. The summed E-state index contributed by atoms with van der Waals surface area (Å²) in [7, 11) is 1.55. The van der Waals surface area contributed by atoms with Crippen LogP contribution in [0, 0.1) is 0 Å². The molecular weight excluding hydrogens is 300 g/mol. The Morgan fingerprint density at radius 3 is 2.41 bits per heavy atom. The van der Waals surface area contributed by atoms with Gasteiger partial charge in [-0.3, -0.25) is 4.79 Å². The summed E-state index contributed by atoms with van der Waals surface area (Å²) in [6, 6.07) is 9.36. The van der Waals surface area contributed by atoms with Gasteiger partial charge < -0.3 is 15.4 Å². The van der Waals surface area contributed by atoms with Crippen molar-refractivity contribution in [2.75, 3.05) is 12.8 Å². The lowest BCUT2D eigenvalue weighted by atomic mass is 10.2. The van der Waals surface area contributed by atoms with Gasteiger partial charge in [-0.15, -0.1) is 0 Å². The summed E-state index contributed by atoms with van der Waals surface area (Å²) in [6.45, 7) is 5.35. The highest BCUT2D eigenvalue weighted by Crippen LogP contribution is 2.13. The van der Waals surface area contributed by atoms with Crippen LogP contribution < -0.4 is 10.6 Å². The highest BCUT2D eigenvalue weighted by molar-refractivity contribution is 7.98. The first kappa shape index (κ1) is 18.4. The molecule has 0 heterocycles. The van der Waals surface area contributed by atoms with E-state index < -0.39 is 17.7 Å². The molecule has 0 bridgehead atoms. The van der Waals surface area contributed by atoms with Crippen molar-refractivity contribution in [1.82, 2.24) is 10.6 Å². The fourth-order valence-corrected chi connectivity index (χ4v) is 2.69. The maximum atomic E-state index is 11.9. The maximum Gasteiger partial charge on any atom is 0.408 e. The molecule has 0 aromatic heterocycles. The Morgan fingerprint density at radius 1 is 1.23 bits per heavy atom. The Balaban J connectivity index is 2.50. The second kappa shape index (κ2) is 8.68. The number of hydrogen-bond donors (Lipinski definition) is 2. The van der Waals surface area contributed by atoms with Gasteiger partial charge in [0.1, 0.15) is 11.6 Å². The third kappa shape index (κ3) is 7.36. The molecule has 0 aliphatic carbocycles. The molecule has 0 spiro atoms. The molecule has 0 aliphatic heterocycles. The van der Waals surface area contributed by atoms with Gasteiger partial charge in [0.15, 0.2) is 0 Å². The fourth-order valence-electron chi connectivity index (χ4n) is 1.68. The van der Waals surface area contributed by atoms with E-state index in [0.29, 0.717) is 5.75 Å². The van der Waals surface area contributed by atoms with E-state index in [1.165, 1.54) is 5.56 Å². The van der Waals surface area contributed by atoms with Crippen LogP contribution in [0.1, 0.15) is 26.3 Å². The first-order chi connectivity index (χ1) is 10.3. The van der Waals surface area contributed by atoms with Crippen LogP contribution in [0.5, 0.6) is 0 Å². The number of likely N-dealkylation sites (N-methyl/N-ethyl adjacent to an activating group) is 1. The molecule has 1 atom stereocenters. The molecule has 22 heavy (non-hydrogen) atoms. The van der Waals surface area contributed by atoms with Crippen LogP contribution in [-0.4, -0.2) is 36.4 Å². The molecular formula is C16H24N2O3S. The number of nitrogens with one attached hydrogen (secondary N) is 2. The summed E-state index contributed by atoms with van der Waals surface area (Å²) in [5.74, 6) is 1.03. The molecule has 1 aromatic rings. The van der Waals surface area contributed by atoms with Gasteiger partial charge >= 0.3 is 6.09 Å². The molecule has 122 valence electrons. The Hall–Kier alpha value is -1.69. The van der Waals surface area contributed by atoms with E-state index in [1.807, 2.05) is 30.3 Å². The minimum atomic E-state index is -0.617. The lowest BCUT2D eigenvalue weighted by molar-refractivity contribution is -0.122. The SMILES string of the molecule is CNC(=O)C(CSCc1ccccc1)NC(=O)OC(C)(C)C. The van der Waals surface area contributed by atoms with Gasteiger partial charge in [0.2, 0.25) is 5.91 Å². The fraction of sp³-hybridized carbons (Fsp3) is 0.500. The van der Waals surface area contributed by atoms with Crippen molar-refractivity contribution in [3.05, 3.63) is 35.9 Å². The van der Waals surface area contributed by atoms with Crippen LogP contribution in [0.25, 0.3) is 0 Å². The van der Waals surface area contributed by atoms with Gasteiger partial charge in [-0.25, -0.2) is 4.79 Å². The van der Waals surface area contributed by atoms with Crippen molar-refractivity contribution in [2.45, 2.75) is 38.2 Å². The Labute approximate surface area is 136 Å².